The standard InChI is InChI=1S/C17H23N5OS/c1-13-19-15(12-24-13)10-20-7-14(9-22-5-2-3-17(22)23)8-21-6-4-18-16(21)11-20/h4,6,12,14H,2-3,5,7-11H2,1H3. The van der Waals surface area contributed by atoms with E-state index in [9.17, 15) is 4.79 Å². The van der Waals surface area contributed by atoms with Gasteiger partial charge in [-0.05, 0) is 13.3 Å². The van der Waals surface area contributed by atoms with Crippen molar-refractivity contribution in [1.29, 1.82) is 0 Å². The highest BCUT2D eigenvalue weighted by Crippen LogP contribution is 2.21. The van der Waals surface area contributed by atoms with Gasteiger partial charge in [-0.2, -0.15) is 0 Å². The molecule has 6 nitrogen and oxygen atoms in total. The molecule has 0 bridgehead atoms. The third-order valence-electron chi connectivity index (χ3n) is 4.84. The summed E-state index contributed by atoms with van der Waals surface area (Å²) in [5.41, 5.74) is 1.13. The Hall–Kier alpha value is -1.73. The Morgan fingerprint density at radius 3 is 3.04 bits per heavy atom. The van der Waals surface area contributed by atoms with Gasteiger partial charge in [0.1, 0.15) is 5.82 Å². The molecular weight excluding hydrogens is 322 g/mol. The van der Waals surface area contributed by atoms with Gasteiger partial charge < -0.3 is 9.47 Å². The third kappa shape index (κ3) is 3.37. The fourth-order valence-electron chi connectivity index (χ4n) is 3.78. The first-order chi connectivity index (χ1) is 11.7. The largest absolute Gasteiger partial charge is 0.342 e. The number of fused-ring (bicyclic) bond motifs is 1. The van der Waals surface area contributed by atoms with Gasteiger partial charge >= 0.3 is 0 Å². The molecule has 7 heteroatoms. The number of aryl methyl sites for hydroxylation is 1. The molecule has 0 radical (unpaired) electrons. The zero-order valence-corrected chi connectivity index (χ0v) is 14.8. The number of carbonyl (C=O) groups is 1. The first-order valence-corrected chi connectivity index (χ1v) is 9.46. The molecule has 4 heterocycles. The number of hydrogen-bond donors (Lipinski definition) is 0. The topological polar surface area (TPSA) is 54.3 Å². The third-order valence-corrected chi connectivity index (χ3v) is 5.66. The summed E-state index contributed by atoms with van der Waals surface area (Å²) in [5, 5.41) is 3.26. The molecule has 24 heavy (non-hydrogen) atoms. The second kappa shape index (κ2) is 6.64. The van der Waals surface area contributed by atoms with Crippen LogP contribution in [0.3, 0.4) is 0 Å². The minimum absolute atomic E-state index is 0.312. The molecule has 2 aliphatic rings. The monoisotopic (exact) mass is 345 g/mol. The molecule has 0 saturated carbocycles. The number of imidazole rings is 1. The Labute approximate surface area is 146 Å². The molecule has 2 aliphatic heterocycles. The minimum atomic E-state index is 0.312. The number of aromatic nitrogens is 3. The van der Waals surface area contributed by atoms with E-state index in [0.29, 0.717) is 18.2 Å². The van der Waals surface area contributed by atoms with Crippen LogP contribution in [0.15, 0.2) is 17.8 Å². The lowest BCUT2D eigenvalue weighted by atomic mass is 10.1. The second-order valence-corrected chi connectivity index (χ2v) is 7.89. The lowest BCUT2D eigenvalue weighted by Crippen LogP contribution is -2.37. The molecular formula is C17H23N5OS. The van der Waals surface area contributed by atoms with E-state index in [1.54, 1.807) is 11.3 Å². The highest BCUT2D eigenvalue weighted by molar-refractivity contribution is 7.09. The van der Waals surface area contributed by atoms with Crippen molar-refractivity contribution in [2.45, 2.75) is 39.4 Å². The SMILES string of the molecule is Cc1nc(CN2Cc3nccn3CC(CN3CCCC3=O)C2)cs1. The number of nitrogens with zero attached hydrogens (tertiary/aromatic N) is 5. The Morgan fingerprint density at radius 2 is 2.29 bits per heavy atom. The molecule has 4 rings (SSSR count). The summed E-state index contributed by atoms with van der Waals surface area (Å²) in [4.78, 5) is 25.6. The predicted octanol–water partition coefficient (Wildman–Crippen LogP) is 1.90. The van der Waals surface area contributed by atoms with Crippen molar-refractivity contribution in [3.8, 4) is 0 Å². The van der Waals surface area contributed by atoms with Crippen molar-refractivity contribution >= 4 is 17.2 Å². The molecule has 1 unspecified atom stereocenters. The van der Waals surface area contributed by atoms with E-state index >= 15 is 0 Å². The van der Waals surface area contributed by atoms with Crippen molar-refractivity contribution < 1.29 is 4.79 Å². The first-order valence-electron chi connectivity index (χ1n) is 8.58. The van der Waals surface area contributed by atoms with Crippen LogP contribution in [0, 0.1) is 12.8 Å². The van der Waals surface area contributed by atoms with Gasteiger partial charge in [0.15, 0.2) is 0 Å². The van der Waals surface area contributed by atoms with Crippen LogP contribution >= 0.6 is 11.3 Å². The van der Waals surface area contributed by atoms with E-state index in [4.69, 9.17) is 0 Å². The van der Waals surface area contributed by atoms with Gasteiger partial charge in [-0.15, -0.1) is 11.3 Å². The van der Waals surface area contributed by atoms with Gasteiger partial charge in [0.25, 0.3) is 0 Å². The summed E-state index contributed by atoms with van der Waals surface area (Å²) < 4.78 is 2.25. The summed E-state index contributed by atoms with van der Waals surface area (Å²) in [6.45, 7) is 7.41. The van der Waals surface area contributed by atoms with Gasteiger partial charge in [-0.3, -0.25) is 9.69 Å². The summed E-state index contributed by atoms with van der Waals surface area (Å²) in [6.07, 6.45) is 5.66. The Bertz CT molecular complexity index is 724. The van der Waals surface area contributed by atoms with Gasteiger partial charge in [0.2, 0.25) is 5.91 Å². The maximum absolute atomic E-state index is 12.0. The van der Waals surface area contributed by atoms with Crippen molar-refractivity contribution in [2.75, 3.05) is 19.6 Å². The first kappa shape index (κ1) is 15.8. The molecule has 0 aromatic carbocycles. The Balaban J connectivity index is 1.50. The average Bonchev–Trinajstić information content (AvgIpc) is 3.22. The minimum Gasteiger partial charge on any atom is -0.342 e. The van der Waals surface area contributed by atoms with Crippen molar-refractivity contribution in [2.24, 2.45) is 5.92 Å². The lowest BCUT2D eigenvalue weighted by Gasteiger charge is -2.26. The zero-order valence-electron chi connectivity index (χ0n) is 14.0. The molecule has 1 saturated heterocycles. The van der Waals surface area contributed by atoms with E-state index in [-0.39, 0.29) is 0 Å². The zero-order chi connectivity index (χ0) is 16.5. The molecule has 1 atom stereocenters. The van der Waals surface area contributed by atoms with Crippen LogP contribution in [-0.4, -0.2) is 49.9 Å². The van der Waals surface area contributed by atoms with Gasteiger partial charge in [-0.1, -0.05) is 0 Å². The van der Waals surface area contributed by atoms with Gasteiger partial charge in [0, 0.05) is 62.8 Å². The summed E-state index contributed by atoms with van der Waals surface area (Å²) >= 11 is 1.70. The number of hydrogen-bond acceptors (Lipinski definition) is 5. The number of rotatable bonds is 4. The fourth-order valence-corrected chi connectivity index (χ4v) is 4.38. The van der Waals surface area contributed by atoms with Gasteiger partial charge in [-0.25, -0.2) is 9.97 Å². The number of likely N-dealkylation sites (tertiary alicyclic amines) is 1. The number of amides is 1. The number of carbonyl (C=O) groups excluding carboxylic acids is 1. The van der Waals surface area contributed by atoms with Crippen LogP contribution in [-0.2, 0) is 24.4 Å². The molecule has 0 spiro atoms. The number of thiazole rings is 1. The van der Waals surface area contributed by atoms with Crippen LogP contribution in [0.5, 0.6) is 0 Å². The molecule has 1 amide bonds. The average molecular weight is 345 g/mol. The summed E-state index contributed by atoms with van der Waals surface area (Å²) in [6, 6.07) is 0. The highest BCUT2D eigenvalue weighted by Gasteiger charge is 2.28. The Morgan fingerprint density at radius 1 is 1.38 bits per heavy atom. The molecule has 2 aromatic heterocycles. The van der Waals surface area contributed by atoms with Crippen molar-refractivity contribution in [3.05, 3.63) is 34.3 Å². The van der Waals surface area contributed by atoms with E-state index in [2.05, 4.69) is 31.0 Å². The van der Waals surface area contributed by atoms with Crippen molar-refractivity contribution in [3.63, 3.8) is 0 Å². The van der Waals surface area contributed by atoms with Crippen LogP contribution in [0.25, 0.3) is 0 Å². The van der Waals surface area contributed by atoms with E-state index in [1.165, 1.54) is 0 Å². The highest BCUT2D eigenvalue weighted by atomic mass is 32.1. The van der Waals surface area contributed by atoms with E-state index in [1.807, 2.05) is 18.0 Å². The normalized spacial score (nSPS) is 22.0. The van der Waals surface area contributed by atoms with E-state index in [0.717, 1.165) is 62.2 Å². The predicted molar refractivity (Wildman–Crippen MR) is 92.5 cm³/mol. The molecule has 0 N–H and O–H groups in total. The van der Waals surface area contributed by atoms with Crippen molar-refractivity contribution in [1.82, 2.24) is 24.3 Å². The summed E-state index contributed by atoms with van der Waals surface area (Å²) in [5.74, 6) is 1.85. The summed E-state index contributed by atoms with van der Waals surface area (Å²) in [7, 11) is 0. The van der Waals surface area contributed by atoms with Crippen LogP contribution < -0.4 is 0 Å². The molecule has 128 valence electrons. The van der Waals surface area contributed by atoms with Crippen LogP contribution in [0.1, 0.15) is 29.4 Å². The maximum atomic E-state index is 12.0. The Kier molecular flexibility index (Phi) is 4.37. The maximum Gasteiger partial charge on any atom is 0.222 e. The fraction of sp³-hybridized carbons (Fsp3) is 0.588. The smallest absolute Gasteiger partial charge is 0.222 e. The molecule has 0 aliphatic carbocycles. The van der Waals surface area contributed by atoms with E-state index < -0.39 is 0 Å². The molecule has 1 fully saturated rings. The molecule has 2 aromatic rings. The lowest BCUT2D eigenvalue weighted by molar-refractivity contribution is -0.128. The quantitative estimate of drug-likeness (QED) is 0.849. The van der Waals surface area contributed by atoms with Crippen LogP contribution in [0.4, 0.5) is 0 Å². The second-order valence-electron chi connectivity index (χ2n) is 6.83. The van der Waals surface area contributed by atoms with Crippen LogP contribution in [0.2, 0.25) is 0 Å². The van der Waals surface area contributed by atoms with Gasteiger partial charge in [0.05, 0.1) is 17.2 Å².